The molecule has 264 valence electrons. The largest absolute Gasteiger partial charge is 0.394 e. The summed E-state index contributed by atoms with van der Waals surface area (Å²) in [7, 11) is 0. The van der Waals surface area contributed by atoms with Crippen molar-refractivity contribution in [2.24, 2.45) is 0 Å². The quantitative estimate of drug-likeness (QED) is 0.0387. The maximum Gasteiger partial charge on any atom is 0.217 e. The predicted octanol–water partition coefficient (Wildman–Crippen LogP) is -5.52. The zero-order chi connectivity index (χ0) is 33.2. The van der Waals surface area contributed by atoms with Gasteiger partial charge in [0.25, 0.3) is 0 Å². The van der Waals surface area contributed by atoms with Gasteiger partial charge in [-0.05, 0) is 0 Å². The second-order valence-electron chi connectivity index (χ2n) is 10.2. The van der Waals surface area contributed by atoms with Crippen LogP contribution in [-0.4, -0.2) is 183 Å². The summed E-state index contributed by atoms with van der Waals surface area (Å²) >= 11 is 0. The summed E-state index contributed by atoms with van der Waals surface area (Å²) in [5, 5.41) is 67.1. The minimum Gasteiger partial charge on any atom is -0.394 e. The number of carbonyl (C=O) groups is 2. The number of amides is 2. The summed E-state index contributed by atoms with van der Waals surface area (Å²) in [6.45, 7) is 3.40. The molecular weight excluding hydrogens is 610 g/mol. The van der Waals surface area contributed by atoms with Gasteiger partial charge in [-0.3, -0.25) is 14.9 Å². The van der Waals surface area contributed by atoms with E-state index in [1.807, 2.05) is 0 Å². The minimum absolute atomic E-state index is 0.0609. The maximum absolute atomic E-state index is 11.4. The average molecular weight is 660 g/mol. The Labute approximate surface area is 260 Å². The Hall–Kier alpha value is -1.66. The molecule has 0 aliphatic carbocycles. The Bertz CT molecular complexity index is 767. The molecule has 6 unspecified atom stereocenters. The molecule has 19 nitrogen and oxygen atoms in total. The van der Waals surface area contributed by atoms with Crippen molar-refractivity contribution < 1.29 is 78.1 Å². The monoisotopic (exact) mass is 659 g/mol. The Morgan fingerprint density at radius 3 is 1.29 bits per heavy atom. The van der Waals surface area contributed by atoms with Gasteiger partial charge in [-0.15, -0.1) is 0 Å². The van der Waals surface area contributed by atoms with Gasteiger partial charge in [-0.25, -0.2) is 0 Å². The van der Waals surface area contributed by atoms with Crippen LogP contribution in [0.3, 0.4) is 0 Å². The van der Waals surface area contributed by atoms with Crippen molar-refractivity contribution in [3.63, 3.8) is 0 Å². The Kier molecular flexibility index (Phi) is 19.3. The smallest absolute Gasteiger partial charge is 0.217 e. The average Bonchev–Trinajstić information content (AvgIpc) is 3.00. The van der Waals surface area contributed by atoms with Crippen molar-refractivity contribution in [1.29, 1.82) is 0 Å². The molecule has 2 aliphatic rings. The van der Waals surface area contributed by atoms with Gasteiger partial charge < -0.3 is 79.2 Å². The molecule has 2 aliphatic heterocycles. The first-order chi connectivity index (χ1) is 21.6. The first-order valence-electron chi connectivity index (χ1n) is 14.6. The van der Waals surface area contributed by atoms with Crippen molar-refractivity contribution in [3.05, 3.63) is 0 Å². The molecule has 2 heterocycles. The second kappa shape index (κ2) is 22.0. The number of hydrogen-bond donors (Lipinski definition) is 9. The lowest BCUT2D eigenvalue weighted by Crippen LogP contribution is -2.64. The standard InChI is InChI=1S/C26H49N3O16/c1-15(32)28-19-23(36)21(34)17(11-30)44-25(19)42-9-7-38-3-5-40-13-27-14-41-6-4-39-8-10-43-26-20(29-16(2)33)24(37)22(35)18(12-31)45-26/h17-27,30-31,34-37H,3-14H2,1-2H3,(H,28,32)(H,29,33)/t17?,18?,19?,20?,21-,22-,23?,24?,25+,26+/m0/s1. The Morgan fingerprint density at radius 2 is 0.933 bits per heavy atom. The van der Waals surface area contributed by atoms with E-state index in [2.05, 4.69) is 16.0 Å². The fourth-order valence-electron chi connectivity index (χ4n) is 4.44. The van der Waals surface area contributed by atoms with Crippen LogP contribution in [0.25, 0.3) is 0 Å². The lowest BCUT2D eigenvalue weighted by atomic mass is 9.97. The number of ether oxygens (including phenoxy) is 8. The lowest BCUT2D eigenvalue weighted by molar-refractivity contribution is -0.272. The van der Waals surface area contributed by atoms with Crippen LogP contribution in [0.15, 0.2) is 0 Å². The summed E-state index contributed by atoms with van der Waals surface area (Å²) in [5.74, 6) is -0.885. The fourth-order valence-corrected chi connectivity index (χ4v) is 4.44. The van der Waals surface area contributed by atoms with Gasteiger partial charge in [-0.1, -0.05) is 0 Å². The van der Waals surface area contributed by atoms with Crippen molar-refractivity contribution in [2.45, 2.75) is 75.1 Å². The Morgan fingerprint density at radius 1 is 0.578 bits per heavy atom. The van der Waals surface area contributed by atoms with Gasteiger partial charge in [0.1, 0.15) is 48.7 Å². The third-order valence-electron chi connectivity index (χ3n) is 6.67. The maximum atomic E-state index is 11.4. The van der Waals surface area contributed by atoms with Crippen LogP contribution in [0.2, 0.25) is 0 Å². The molecule has 0 bridgehead atoms. The zero-order valence-electron chi connectivity index (χ0n) is 25.5. The van der Waals surface area contributed by atoms with E-state index in [0.29, 0.717) is 0 Å². The molecule has 0 aromatic carbocycles. The molecule has 45 heavy (non-hydrogen) atoms. The number of nitrogens with one attached hydrogen (secondary N) is 3. The van der Waals surface area contributed by atoms with Gasteiger partial charge in [0, 0.05) is 13.8 Å². The third-order valence-corrected chi connectivity index (χ3v) is 6.67. The molecule has 10 atom stereocenters. The molecule has 0 spiro atoms. The Balaban J connectivity index is 1.44. The molecule has 9 N–H and O–H groups in total. The lowest BCUT2D eigenvalue weighted by Gasteiger charge is -2.42. The summed E-state index contributed by atoms with van der Waals surface area (Å²) in [6.07, 6.45) is -9.82. The molecule has 2 amide bonds. The van der Waals surface area contributed by atoms with Gasteiger partial charge in [0.05, 0.1) is 79.5 Å². The first kappa shape index (κ1) is 39.5. The number of aliphatic hydroxyl groups is 6. The zero-order valence-corrected chi connectivity index (χ0v) is 25.5. The summed E-state index contributed by atoms with van der Waals surface area (Å²) in [6, 6.07) is -2.03. The van der Waals surface area contributed by atoms with Crippen LogP contribution in [0.4, 0.5) is 0 Å². The van der Waals surface area contributed by atoms with Gasteiger partial charge in [0.15, 0.2) is 12.6 Å². The topological polar surface area (TPSA) is 265 Å². The minimum atomic E-state index is -1.38. The van der Waals surface area contributed by atoms with Crippen molar-refractivity contribution >= 4 is 11.8 Å². The van der Waals surface area contributed by atoms with Crippen molar-refractivity contribution in [3.8, 4) is 0 Å². The van der Waals surface area contributed by atoms with Gasteiger partial charge in [0.2, 0.25) is 11.8 Å². The molecule has 19 heteroatoms. The van der Waals surface area contributed by atoms with Gasteiger partial charge in [-0.2, -0.15) is 0 Å². The van der Waals surface area contributed by atoms with E-state index in [4.69, 9.17) is 37.9 Å². The highest BCUT2D eigenvalue weighted by molar-refractivity contribution is 5.73. The van der Waals surface area contributed by atoms with Crippen molar-refractivity contribution in [2.75, 3.05) is 79.5 Å². The number of carbonyl (C=O) groups excluding carboxylic acids is 2. The summed E-state index contributed by atoms with van der Waals surface area (Å²) in [4.78, 5) is 22.9. The molecule has 0 saturated carbocycles. The van der Waals surface area contributed by atoms with E-state index in [0.717, 1.165) is 0 Å². The van der Waals surface area contributed by atoms with E-state index < -0.39 is 86.3 Å². The normalized spacial score (nSPS) is 31.9. The highest BCUT2D eigenvalue weighted by Crippen LogP contribution is 2.23. The summed E-state index contributed by atoms with van der Waals surface area (Å²) in [5.41, 5.74) is 0. The van der Waals surface area contributed by atoms with Crippen LogP contribution in [0.1, 0.15) is 13.8 Å². The van der Waals surface area contributed by atoms with Crippen LogP contribution in [-0.2, 0) is 47.5 Å². The predicted molar refractivity (Wildman–Crippen MR) is 149 cm³/mol. The van der Waals surface area contributed by atoms with E-state index in [1.165, 1.54) is 13.8 Å². The fraction of sp³-hybridized carbons (Fsp3) is 0.923. The van der Waals surface area contributed by atoms with Crippen LogP contribution in [0.5, 0.6) is 0 Å². The van der Waals surface area contributed by atoms with E-state index >= 15 is 0 Å². The second-order valence-corrected chi connectivity index (χ2v) is 10.2. The highest BCUT2D eigenvalue weighted by atomic mass is 16.7. The van der Waals surface area contributed by atoms with Crippen LogP contribution in [0, 0.1) is 0 Å². The van der Waals surface area contributed by atoms with Crippen molar-refractivity contribution in [1.82, 2.24) is 16.0 Å². The number of hydrogen-bond acceptors (Lipinski definition) is 17. The van der Waals surface area contributed by atoms with Crippen LogP contribution >= 0.6 is 0 Å². The molecule has 2 fully saturated rings. The molecule has 0 aromatic heterocycles. The molecule has 2 rings (SSSR count). The molecule has 0 radical (unpaired) electrons. The van der Waals surface area contributed by atoms with E-state index in [-0.39, 0.29) is 66.3 Å². The highest BCUT2D eigenvalue weighted by Gasteiger charge is 2.46. The summed E-state index contributed by atoms with van der Waals surface area (Å²) < 4.78 is 43.6. The van der Waals surface area contributed by atoms with Gasteiger partial charge >= 0.3 is 0 Å². The SMILES string of the molecule is CC(=O)NC1C(O)[C@@H](O)C(CO)O[C@H]1OCCOCCOCNCOCCOCCO[C@@H]1OC(CO)[C@H](O)C(O)C1NC(C)=O. The van der Waals surface area contributed by atoms with E-state index in [1.54, 1.807) is 0 Å². The van der Waals surface area contributed by atoms with Crippen LogP contribution < -0.4 is 16.0 Å². The number of aliphatic hydroxyl groups excluding tert-OH is 6. The third kappa shape index (κ3) is 13.9. The number of rotatable bonds is 22. The molecular formula is C26H49N3O16. The molecule has 2 saturated heterocycles. The molecule has 0 aromatic rings. The first-order valence-corrected chi connectivity index (χ1v) is 14.6. The van der Waals surface area contributed by atoms with E-state index in [9.17, 15) is 40.2 Å².